The first-order valence-electron chi connectivity index (χ1n) is 9.14. The van der Waals surface area contributed by atoms with Crippen LogP contribution in [0.15, 0.2) is 47.4 Å². The Hall–Kier alpha value is -2.55. The van der Waals surface area contributed by atoms with Crippen molar-refractivity contribution in [3.05, 3.63) is 58.0 Å². The van der Waals surface area contributed by atoms with Gasteiger partial charge in [-0.3, -0.25) is 14.5 Å². The molecule has 30 heavy (non-hydrogen) atoms. The third kappa shape index (κ3) is 5.53. The van der Waals surface area contributed by atoms with Gasteiger partial charge in [-0.25, -0.2) is 0 Å². The smallest absolute Gasteiger partial charge is 0.266 e. The van der Waals surface area contributed by atoms with Crippen molar-refractivity contribution in [2.45, 2.75) is 13.3 Å². The molecular weight excluding hydrogens is 444 g/mol. The molecule has 0 aliphatic carbocycles. The molecule has 1 aliphatic rings. The van der Waals surface area contributed by atoms with Gasteiger partial charge in [-0.05, 0) is 55.5 Å². The van der Waals surface area contributed by atoms with E-state index in [1.165, 1.54) is 11.0 Å². The van der Waals surface area contributed by atoms with Gasteiger partial charge >= 0.3 is 0 Å². The number of carbonyl (C=O) groups is 2. The van der Waals surface area contributed by atoms with Crippen LogP contribution in [0.3, 0.4) is 0 Å². The molecule has 0 aromatic heterocycles. The van der Waals surface area contributed by atoms with E-state index in [1.807, 2.05) is 6.92 Å². The van der Waals surface area contributed by atoms with E-state index in [2.05, 4.69) is 5.32 Å². The lowest BCUT2D eigenvalue weighted by Crippen LogP contribution is -2.31. The number of aromatic hydroxyl groups is 1. The molecule has 2 amide bonds. The minimum absolute atomic E-state index is 0.0133. The first-order valence-corrected chi connectivity index (χ1v) is 10.7. The van der Waals surface area contributed by atoms with E-state index in [0.717, 1.165) is 17.5 Å². The van der Waals surface area contributed by atoms with Crippen molar-refractivity contribution in [3.8, 4) is 11.5 Å². The van der Waals surface area contributed by atoms with E-state index in [-0.39, 0.29) is 30.5 Å². The van der Waals surface area contributed by atoms with Crippen molar-refractivity contribution < 1.29 is 19.4 Å². The number of anilines is 1. The number of carbonyl (C=O) groups excluding carboxylic acids is 2. The molecule has 0 spiro atoms. The molecule has 0 saturated carbocycles. The number of nitrogens with zero attached hydrogens (tertiary/aromatic N) is 1. The number of phenolic OH excluding ortho intramolecular Hbond substituents is 1. The van der Waals surface area contributed by atoms with Gasteiger partial charge in [-0.2, -0.15) is 0 Å². The number of amides is 2. The maximum absolute atomic E-state index is 12.7. The maximum atomic E-state index is 12.7. The highest BCUT2D eigenvalue weighted by atomic mass is 35.5. The van der Waals surface area contributed by atoms with Gasteiger partial charge in [0.05, 0.1) is 11.5 Å². The van der Waals surface area contributed by atoms with Gasteiger partial charge in [0.25, 0.3) is 5.91 Å². The van der Waals surface area contributed by atoms with Crippen molar-refractivity contribution in [1.29, 1.82) is 0 Å². The number of ether oxygens (including phenoxy) is 1. The van der Waals surface area contributed by atoms with E-state index >= 15 is 0 Å². The molecule has 2 N–H and O–H groups in total. The fraction of sp³-hybridized carbons (Fsp3) is 0.190. The summed E-state index contributed by atoms with van der Waals surface area (Å²) in [6.07, 6.45) is 1.63. The Kier molecular flexibility index (Phi) is 7.36. The van der Waals surface area contributed by atoms with Crippen molar-refractivity contribution in [1.82, 2.24) is 4.90 Å². The second-order valence-corrected chi connectivity index (χ2v) is 8.40. The molecule has 6 nitrogen and oxygen atoms in total. The van der Waals surface area contributed by atoms with Crippen molar-refractivity contribution in [3.63, 3.8) is 0 Å². The topological polar surface area (TPSA) is 78.9 Å². The fourth-order valence-corrected chi connectivity index (χ4v) is 4.19. The molecule has 1 aliphatic heterocycles. The van der Waals surface area contributed by atoms with Gasteiger partial charge in [0.2, 0.25) is 5.91 Å². The summed E-state index contributed by atoms with van der Waals surface area (Å²) >= 11 is 12.4. The highest BCUT2D eigenvalue weighted by Crippen LogP contribution is 2.34. The molecule has 1 saturated heterocycles. The lowest BCUT2D eigenvalue weighted by molar-refractivity contribution is -0.122. The summed E-state index contributed by atoms with van der Waals surface area (Å²) in [5.41, 5.74) is 1.07. The minimum atomic E-state index is -0.307. The minimum Gasteiger partial charge on any atom is -0.507 e. The van der Waals surface area contributed by atoms with Crippen LogP contribution in [0.1, 0.15) is 18.9 Å². The summed E-state index contributed by atoms with van der Waals surface area (Å²) in [7, 11) is 0. The number of phenols is 1. The highest BCUT2D eigenvalue weighted by Gasteiger charge is 2.32. The predicted molar refractivity (Wildman–Crippen MR) is 124 cm³/mol. The zero-order valence-electron chi connectivity index (χ0n) is 16.1. The summed E-state index contributed by atoms with van der Waals surface area (Å²) in [6, 6.07) is 11.6. The van der Waals surface area contributed by atoms with Gasteiger partial charge in [0, 0.05) is 29.2 Å². The van der Waals surface area contributed by atoms with E-state index in [1.54, 1.807) is 42.5 Å². The number of nitrogens with one attached hydrogen (secondary N) is 1. The summed E-state index contributed by atoms with van der Waals surface area (Å²) < 4.78 is 5.73. The molecular formula is C21H19ClN2O4S2. The number of thiocarbonyl (C=S) groups is 1. The fourth-order valence-electron chi connectivity index (χ4n) is 2.71. The molecule has 2 aromatic rings. The average molecular weight is 463 g/mol. The van der Waals surface area contributed by atoms with Crippen molar-refractivity contribution in [2.75, 3.05) is 18.5 Å². The number of hydrogen-bond acceptors (Lipinski definition) is 6. The van der Waals surface area contributed by atoms with Crippen LogP contribution in [0.5, 0.6) is 11.5 Å². The molecule has 2 aromatic carbocycles. The van der Waals surface area contributed by atoms with Crippen molar-refractivity contribution in [2.24, 2.45) is 0 Å². The standard InChI is InChI=1S/C21H19ClN2O4S2/c1-2-28-16-6-4-15(5-7-16)23-19(26)9-10-24-20(27)18(30-21(24)29)12-13-11-14(22)3-8-17(13)25/h3-8,11-12,25H,2,9-10H2,1H3,(H,23,26)/b18-12-. The van der Waals surface area contributed by atoms with Crippen LogP contribution in [0.2, 0.25) is 5.02 Å². The Morgan fingerprint density at radius 2 is 2.03 bits per heavy atom. The van der Waals surface area contributed by atoms with Crippen LogP contribution in [-0.4, -0.2) is 39.3 Å². The van der Waals surface area contributed by atoms with E-state index in [0.29, 0.717) is 32.1 Å². The van der Waals surface area contributed by atoms with Crippen LogP contribution in [-0.2, 0) is 9.59 Å². The van der Waals surface area contributed by atoms with Crippen LogP contribution in [0, 0.1) is 0 Å². The van der Waals surface area contributed by atoms with Crippen LogP contribution in [0.25, 0.3) is 6.08 Å². The third-order valence-corrected chi connectivity index (χ3v) is 5.77. The van der Waals surface area contributed by atoms with E-state index < -0.39 is 0 Å². The Morgan fingerprint density at radius 3 is 2.73 bits per heavy atom. The van der Waals surface area contributed by atoms with Gasteiger partial charge in [0.15, 0.2) is 0 Å². The SMILES string of the molecule is CCOc1ccc(NC(=O)CCN2C(=O)/C(=C/c3cc(Cl)ccc3O)SC2=S)cc1. The number of hydrogen-bond donors (Lipinski definition) is 2. The second kappa shape index (κ2) is 9.97. The number of halogens is 1. The van der Waals surface area contributed by atoms with Crippen molar-refractivity contribution >= 4 is 63.5 Å². The number of benzene rings is 2. The molecule has 1 fully saturated rings. The summed E-state index contributed by atoms with van der Waals surface area (Å²) in [4.78, 5) is 26.7. The molecule has 0 atom stereocenters. The van der Waals surface area contributed by atoms with Gasteiger partial charge in [0.1, 0.15) is 15.8 Å². The Bertz CT molecular complexity index is 1010. The number of thioether (sulfide) groups is 1. The zero-order valence-corrected chi connectivity index (χ0v) is 18.4. The molecule has 1 heterocycles. The van der Waals surface area contributed by atoms with Crippen LogP contribution in [0.4, 0.5) is 5.69 Å². The predicted octanol–water partition coefficient (Wildman–Crippen LogP) is 4.67. The zero-order chi connectivity index (χ0) is 21.7. The molecule has 0 unspecified atom stereocenters. The largest absolute Gasteiger partial charge is 0.507 e. The molecule has 9 heteroatoms. The average Bonchev–Trinajstić information content (AvgIpc) is 2.97. The first kappa shape index (κ1) is 22.1. The van der Waals surface area contributed by atoms with Gasteiger partial charge in [-0.1, -0.05) is 35.6 Å². The Morgan fingerprint density at radius 1 is 1.30 bits per heavy atom. The lowest BCUT2D eigenvalue weighted by atomic mass is 10.2. The monoisotopic (exact) mass is 462 g/mol. The van der Waals surface area contributed by atoms with Gasteiger partial charge in [-0.15, -0.1) is 0 Å². The molecule has 156 valence electrons. The quantitative estimate of drug-likeness (QED) is 0.459. The van der Waals surface area contributed by atoms with E-state index in [9.17, 15) is 14.7 Å². The second-order valence-electron chi connectivity index (χ2n) is 6.29. The highest BCUT2D eigenvalue weighted by molar-refractivity contribution is 8.26. The summed E-state index contributed by atoms with van der Waals surface area (Å²) in [5, 5.41) is 13.2. The van der Waals surface area contributed by atoms with Gasteiger partial charge < -0.3 is 15.2 Å². The first-order chi connectivity index (χ1) is 14.4. The van der Waals surface area contributed by atoms with E-state index in [4.69, 9.17) is 28.6 Å². The lowest BCUT2D eigenvalue weighted by Gasteiger charge is -2.14. The third-order valence-electron chi connectivity index (χ3n) is 4.16. The summed E-state index contributed by atoms with van der Waals surface area (Å²) in [6.45, 7) is 2.63. The van der Waals surface area contributed by atoms with Crippen LogP contribution >= 0.6 is 35.6 Å². The number of rotatable bonds is 7. The molecule has 0 bridgehead atoms. The maximum Gasteiger partial charge on any atom is 0.266 e. The molecule has 0 radical (unpaired) electrons. The van der Waals surface area contributed by atoms with Crippen LogP contribution < -0.4 is 10.1 Å². The normalized spacial score (nSPS) is 15.0. The Balaban J connectivity index is 1.59. The Labute approximate surface area is 188 Å². The summed E-state index contributed by atoms with van der Waals surface area (Å²) in [5.74, 6) is 0.202. The molecule has 3 rings (SSSR count).